The third kappa shape index (κ3) is 5.58. The predicted molar refractivity (Wildman–Crippen MR) is 85.0 cm³/mol. The van der Waals surface area contributed by atoms with Gasteiger partial charge < -0.3 is 15.4 Å². The standard InChI is InChI=1S/C17H18F2N2O2/c1-12(13-6-3-2-4-7-13)11-20-17(22)21-14-8-5-9-15(10-14)23-16(18)19/h2-10,12,16H,11H2,1H3,(H2,20,21,22)/t12-/m1/s1. The number of alkyl halides is 2. The second-order valence-electron chi connectivity index (χ2n) is 5.05. The molecule has 0 aromatic heterocycles. The molecule has 0 aliphatic carbocycles. The summed E-state index contributed by atoms with van der Waals surface area (Å²) in [6, 6.07) is 15.3. The van der Waals surface area contributed by atoms with Gasteiger partial charge in [0.25, 0.3) is 0 Å². The molecular formula is C17H18F2N2O2. The van der Waals surface area contributed by atoms with Crippen molar-refractivity contribution in [1.29, 1.82) is 0 Å². The Balaban J connectivity index is 1.85. The van der Waals surface area contributed by atoms with Crippen molar-refractivity contribution in [3.8, 4) is 5.75 Å². The number of hydrogen-bond acceptors (Lipinski definition) is 2. The molecule has 2 amide bonds. The van der Waals surface area contributed by atoms with Crippen LogP contribution in [-0.2, 0) is 0 Å². The molecule has 2 aromatic carbocycles. The summed E-state index contributed by atoms with van der Waals surface area (Å²) in [5, 5.41) is 5.34. The first-order valence-electron chi connectivity index (χ1n) is 7.19. The summed E-state index contributed by atoms with van der Waals surface area (Å²) in [7, 11) is 0. The first-order chi connectivity index (χ1) is 11.0. The molecule has 0 saturated heterocycles. The van der Waals surface area contributed by atoms with Gasteiger partial charge in [-0.15, -0.1) is 0 Å². The second-order valence-corrected chi connectivity index (χ2v) is 5.05. The highest BCUT2D eigenvalue weighted by Gasteiger charge is 2.09. The Bertz CT molecular complexity index is 636. The second kappa shape index (κ2) is 8.12. The molecule has 0 aliphatic rings. The van der Waals surface area contributed by atoms with Crippen molar-refractivity contribution in [3.05, 3.63) is 60.2 Å². The SMILES string of the molecule is C[C@H](CNC(=O)Nc1cccc(OC(F)F)c1)c1ccccc1. The van der Waals surface area contributed by atoms with Crippen LogP contribution >= 0.6 is 0 Å². The topological polar surface area (TPSA) is 50.4 Å². The molecule has 122 valence electrons. The van der Waals surface area contributed by atoms with Crippen LogP contribution in [0.3, 0.4) is 0 Å². The number of carbonyl (C=O) groups is 1. The lowest BCUT2D eigenvalue weighted by Crippen LogP contribution is -2.31. The molecule has 6 heteroatoms. The zero-order chi connectivity index (χ0) is 16.7. The lowest BCUT2D eigenvalue weighted by Gasteiger charge is -2.14. The van der Waals surface area contributed by atoms with Crippen LogP contribution in [0.1, 0.15) is 18.4 Å². The van der Waals surface area contributed by atoms with Gasteiger partial charge in [0, 0.05) is 18.3 Å². The molecule has 4 nitrogen and oxygen atoms in total. The van der Waals surface area contributed by atoms with Crippen LogP contribution in [0.15, 0.2) is 54.6 Å². The van der Waals surface area contributed by atoms with E-state index in [0.717, 1.165) is 5.56 Å². The highest BCUT2D eigenvalue weighted by molar-refractivity contribution is 5.89. The molecule has 0 radical (unpaired) electrons. The van der Waals surface area contributed by atoms with Crippen LogP contribution in [0.4, 0.5) is 19.3 Å². The number of anilines is 1. The van der Waals surface area contributed by atoms with Crippen LogP contribution in [0.5, 0.6) is 5.75 Å². The Morgan fingerprint density at radius 3 is 2.57 bits per heavy atom. The van der Waals surface area contributed by atoms with Gasteiger partial charge in [-0.25, -0.2) is 4.79 Å². The Morgan fingerprint density at radius 2 is 1.87 bits per heavy atom. The molecule has 1 atom stereocenters. The van der Waals surface area contributed by atoms with Gasteiger partial charge in [0.1, 0.15) is 5.75 Å². The quantitative estimate of drug-likeness (QED) is 0.837. The fourth-order valence-corrected chi connectivity index (χ4v) is 2.07. The Morgan fingerprint density at radius 1 is 1.13 bits per heavy atom. The van der Waals surface area contributed by atoms with Crippen LogP contribution in [0.25, 0.3) is 0 Å². The molecule has 0 bridgehead atoms. The molecule has 0 aliphatic heterocycles. The van der Waals surface area contributed by atoms with Gasteiger partial charge in [-0.3, -0.25) is 0 Å². The van der Waals surface area contributed by atoms with Crippen LogP contribution < -0.4 is 15.4 Å². The van der Waals surface area contributed by atoms with Crippen molar-refractivity contribution in [2.45, 2.75) is 19.5 Å². The van der Waals surface area contributed by atoms with Gasteiger partial charge in [0.05, 0.1) is 0 Å². The molecule has 23 heavy (non-hydrogen) atoms. The van der Waals surface area contributed by atoms with Crippen molar-refractivity contribution in [3.63, 3.8) is 0 Å². The maximum absolute atomic E-state index is 12.2. The van der Waals surface area contributed by atoms with E-state index in [1.807, 2.05) is 37.3 Å². The average Bonchev–Trinajstić information content (AvgIpc) is 2.53. The number of carbonyl (C=O) groups excluding carboxylic acids is 1. The van der Waals surface area contributed by atoms with Gasteiger partial charge >= 0.3 is 12.6 Å². The van der Waals surface area contributed by atoms with E-state index >= 15 is 0 Å². The van der Waals surface area contributed by atoms with Gasteiger partial charge in [-0.1, -0.05) is 43.3 Å². The molecule has 0 heterocycles. The van der Waals surface area contributed by atoms with E-state index in [4.69, 9.17) is 0 Å². The molecule has 2 rings (SSSR count). The maximum Gasteiger partial charge on any atom is 0.387 e. The number of hydrogen-bond donors (Lipinski definition) is 2. The first-order valence-corrected chi connectivity index (χ1v) is 7.19. The predicted octanol–water partition coefficient (Wildman–Crippen LogP) is 4.21. The van der Waals surface area contributed by atoms with E-state index in [1.165, 1.54) is 18.2 Å². The Labute approximate surface area is 133 Å². The van der Waals surface area contributed by atoms with E-state index in [-0.39, 0.29) is 11.7 Å². The fraction of sp³-hybridized carbons (Fsp3) is 0.235. The third-order valence-electron chi connectivity index (χ3n) is 3.25. The maximum atomic E-state index is 12.2. The monoisotopic (exact) mass is 320 g/mol. The summed E-state index contributed by atoms with van der Waals surface area (Å²) >= 11 is 0. The number of urea groups is 1. The van der Waals surface area contributed by atoms with Gasteiger partial charge in [0.2, 0.25) is 0 Å². The molecule has 0 spiro atoms. The van der Waals surface area contributed by atoms with Crippen LogP contribution in [0, 0.1) is 0 Å². The smallest absolute Gasteiger partial charge is 0.387 e. The molecule has 2 N–H and O–H groups in total. The number of ether oxygens (including phenoxy) is 1. The highest BCUT2D eigenvalue weighted by atomic mass is 19.3. The van der Waals surface area contributed by atoms with Gasteiger partial charge in [0.15, 0.2) is 0 Å². The number of benzene rings is 2. The van der Waals surface area contributed by atoms with E-state index in [1.54, 1.807) is 6.07 Å². The minimum absolute atomic E-state index is 0.00421. The van der Waals surface area contributed by atoms with Crippen molar-refractivity contribution < 1.29 is 18.3 Å². The van der Waals surface area contributed by atoms with Crippen molar-refractivity contribution in [1.82, 2.24) is 5.32 Å². The lowest BCUT2D eigenvalue weighted by atomic mass is 10.0. The number of halogens is 2. The Kier molecular flexibility index (Phi) is 5.91. The molecule has 0 saturated carbocycles. The molecular weight excluding hydrogens is 302 g/mol. The van der Waals surface area contributed by atoms with Crippen molar-refractivity contribution >= 4 is 11.7 Å². The largest absolute Gasteiger partial charge is 0.435 e. The zero-order valence-electron chi connectivity index (χ0n) is 12.6. The van der Waals surface area contributed by atoms with Gasteiger partial charge in [-0.05, 0) is 23.6 Å². The third-order valence-corrected chi connectivity index (χ3v) is 3.25. The van der Waals surface area contributed by atoms with E-state index in [0.29, 0.717) is 12.2 Å². The highest BCUT2D eigenvalue weighted by Crippen LogP contribution is 2.19. The summed E-state index contributed by atoms with van der Waals surface area (Å²) in [6.45, 7) is -0.429. The summed E-state index contributed by atoms with van der Waals surface area (Å²) in [5.41, 5.74) is 1.51. The number of nitrogens with one attached hydrogen (secondary N) is 2. The minimum atomic E-state index is -2.90. The fourth-order valence-electron chi connectivity index (χ4n) is 2.07. The van der Waals surface area contributed by atoms with Crippen LogP contribution in [-0.4, -0.2) is 19.2 Å². The van der Waals surface area contributed by atoms with E-state index < -0.39 is 12.6 Å². The van der Waals surface area contributed by atoms with Crippen molar-refractivity contribution in [2.24, 2.45) is 0 Å². The average molecular weight is 320 g/mol. The van der Waals surface area contributed by atoms with Crippen molar-refractivity contribution in [2.75, 3.05) is 11.9 Å². The molecule has 2 aromatic rings. The molecule has 0 unspecified atom stereocenters. The zero-order valence-corrected chi connectivity index (χ0v) is 12.6. The normalized spacial score (nSPS) is 11.8. The summed E-state index contributed by atoms with van der Waals surface area (Å²) in [6.07, 6.45) is 0. The number of rotatable bonds is 6. The lowest BCUT2D eigenvalue weighted by molar-refractivity contribution is -0.0497. The van der Waals surface area contributed by atoms with Crippen LogP contribution in [0.2, 0.25) is 0 Å². The minimum Gasteiger partial charge on any atom is -0.435 e. The van der Waals surface area contributed by atoms with Gasteiger partial charge in [-0.2, -0.15) is 8.78 Å². The van der Waals surface area contributed by atoms with E-state index in [2.05, 4.69) is 15.4 Å². The number of amides is 2. The first kappa shape index (κ1) is 16.7. The summed E-state index contributed by atoms with van der Waals surface area (Å²) in [5.74, 6) is 0.158. The molecule has 0 fully saturated rings. The summed E-state index contributed by atoms with van der Waals surface area (Å²) < 4.78 is 28.6. The summed E-state index contributed by atoms with van der Waals surface area (Å²) in [4.78, 5) is 11.9. The van der Waals surface area contributed by atoms with E-state index in [9.17, 15) is 13.6 Å². The Hall–Kier alpha value is -2.63.